The van der Waals surface area contributed by atoms with E-state index in [4.69, 9.17) is 10.5 Å². The van der Waals surface area contributed by atoms with Gasteiger partial charge in [-0.05, 0) is 36.2 Å². The highest BCUT2D eigenvalue weighted by Gasteiger charge is 2.27. The predicted molar refractivity (Wildman–Crippen MR) is 80.2 cm³/mol. The van der Waals surface area contributed by atoms with Crippen LogP contribution in [-0.4, -0.2) is 0 Å². The highest BCUT2D eigenvalue weighted by atomic mass is 79.9. The van der Waals surface area contributed by atoms with Crippen molar-refractivity contribution in [2.45, 2.75) is 25.5 Å². The lowest BCUT2D eigenvalue weighted by molar-refractivity contribution is 0.161. The Labute approximate surface area is 121 Å². The molecule has 0 aromatic heterocycles. The van der Waals surface area contributed by atoms with Crippen molar-refractivity contribution in [2.75, 3.05) is 0 Å². The summed E-state index contributed by atoms with van der Waals surface area (Å²) in [4.78, 5) is 0. The minimum atomic E-state index is 0.0193. The topological polar surface area (TPSA) is 35.2 Å². The van der Waals surface area contributed by atoms with E-state index in [2.05, 4.69) is 35.0 Å². The number of nitrogens with two attached hydrogens (primary N) is 1. The van der Waals surface area contributed by atoms with E-state index < -0.39 is 0 Å². The number of halogens is 1. The average Bonchev–Trinajstić information content (AvgIpc) is 2.40. The molecule has 1 aliphatic rings. The third-order valence-corrected chi connectivity index (χ3v) is 4.14. The molecule has 2 unspecified atom stereocenters. The quantitative estimate of drug-likeness (QED) is 0.852. The third-order valence-electron chi connectivity index (χ3n) is 3.64. The molecule has 0 spiro atoms. The molecule has 0 aliphatic carbocycles. The third kappa shape index (κ3) is 2.40. The predicted octanol–water partition coefficient (Wildman–Crippen LogP) is 4.28. The van der Waals surface area contributed by atoms with Crippen LogP contribution in [0.5, 0.6) is 5.75 Å². The highest BCUT2D eigenvalue weighted by Crippen LogP contribution is 2.41. The Morgan fingerprint density at radius 3 is 2.74 bits per heavy atom. The first-order valence-corrected chi connectivity index (χ1v) is 7.21. The number of hydrogen-bond donors (Lipinski definition) is 1. The summed E-state index contributed by atoms with van der Waals surface area (Å²) in [6.45, 7) is 2.11. The molecule has 0 bridgehead atoms. The van der Waals surface area contributed by atoms with Crippen LogP contribution in [0.1, 0.15) is 35.3 Å². The Morgan fingerprint density at radius 1 is 1.16 bits per heavy atom. The van der Waals surface area contributed by atoms with Crippen LogP contribution < -0.4 is 10.5 Å². The smallest absolute Gasteiger partial charge is 0.126 e. The van der Waals surface area contributed by atoms with E-state index in [0.717, 1.165) is 22.2 Å². The number of hydrogen-bond acceptors (Lipinski definition) is 2. The molecule has 3 heteroatoms. The molecular weight excluding hydrogens is 302 g/mol. The van der Waals surface area contributed by atoms with Crippen molar-refractivity contribution < 1.29 is 4.74 Å². The molecule has 0 saturated heterocycles. The molecule has 0 radical (unpaired) electrons. The van der Waals surface area contributed by atoms with Crippen LogP contribution in [0.4, 0.5) is 0 Å². The van der Waals surface area contributed by atoms with Gasteiger partial charge in [-0.3, -0.25) is 0 Å². The van der Waals surface area contributed by atoms with E-state index in [0.29, 0.717) is 0 Å². The Kier molecular flexibility index (Phi) is 3.33. The van der Waals surface area contributed by atoms with Crippen LogP contribution in [0, 0.1) is 6.92 Å². The minimum absolute atomic E-state index is 0.0193. The summed E-state index contributed by atoms with van der Waals surface area (Å²) in [5, 5.41) is 0. The maximum atomic E-state index is 6.29. The first-order valence-electron chi connectivity index (χ1n) is 6.42. The number of ether oxygens (including phenoxy) is 1. The summed E-state index contributed by atoms with van der Waals surface area (Å²) in [6, 6.07) is 14.4. The maximum Gasteiger partial charge on any atom is 0.126 e. The lowest BCUT2D eigenvalue weighted by atomic mass is 9.92. The molecule has 2 N–H and O–H groups in total. The molecule has 2 atom stereocenters. The summed E-state index contributed by atoms with van der Waals surface area (Å²) in [6.07, 6.45) is 0.860. The summed E-state index contributed by atoms with van der Waals surface area (Å²) in [5.41, 5.74) is 9.85. The van der Waals surface area contributed by atoms with Crippen molar-refractivity contribution >= 4 is 15.9 Å². The molecule has 2 nitrogen and oxygen atoms in total. The first-order chi connectivity index (χ1) is 9.15. The molecule has 2 aromatic carbocycles. The van der Waals surface area contributed by atoms with Gasteiger partial charge in [-0.15, -0.1) is 0 Å². The zero-order chi connectivity index (χ0) is 13.4. The first kappa shape index (κ1) is 12.7. The zero-order valence-corrected chi connectivity index (χ0v) is 12.4. The van der Waals surface area contributed by atoms with Gasteiger partial charge in [0.15, 0.2) is 0 Å². The van der Waals surface area contributed by atoms with Gasteiger partial charge in [0.05, 0.1) is 0 Å². The van der Waals surface area contributed by atoms with Gasteiger partial charge in [0.1, 0.15) is 11.9 Å². The molecule has 1 aliphatic heterocycles. The lowest BCUT2D eigenvalue weighted by Gasteiger charge is -2.31. The fraction of sp³-hybridized carbons (Fsp3) is 0.250. The normalized spacial score (nSPS) is 21.6. The number of fused-ring (bicyclic) bond motifs is 1. The molecule has 98 valence electrons. The monoisotopic (exact) mass is 317 g/mol. The molecule has 0 amide bonds. The minimum Gasteiger partial charge on any atom is -0.485 e. The van der Waals surface area contributed by atoms with Crippen LogP contribution in [0.3, 0.4) is 0 Å². The Morgan fingerprint density at radius 2 is 1.95 bits per heavy atom. The van der Waals surface area contributed by atoms with Crippen molar-refractivity contribution in [1.82, 2.24) is 0 Å². The van der Waals surface area contributed by atoms with Gasteiger partial charge >= 0.3 is 0 Å². The number of benzene rings is 2. The zero-order valence-electron chi connectivity index (χ0n) is 10.8. The van der Waals surface area contributed by atoms with Gasteiger partial charge in [0.25, 0.3) is 0 Å². The summed E-state index contributed by atoms with van der Waals surface area (Å²) >= 11 is 3.48. The molecule has 0 saturated carbocycles. The largest absolute Gasteiger partial charge is 0.485 e. The van der Waals surface area contributed by atoms with E-state index in [-0.39, 0.29) is 12.1 Å². The van der Waals surface area contributed by atoms with Crippen LogP contribution in [-0.2, 0) is 0 Å². The number of aryl methyl sites for hydroxylation is 1. The molecule has 1 heterocycles. The highest BCUT2D eigenvalue weighted by molar-refractivity contribution is 9.10. The second-order valence-electron chi connectivity index (χ2n) is 4.99. The molecule has 0 fully saturated rings. The average molecular weight is 318 g/mol. The van der Waals surface area contributed by atoms with E-state index in [1.54, 1.807) is 0 Å². The van der Waals surface area contributed by atoms with Crippen molar-refractivity contribution in [3.05, 3.63) is 63.6 Å². The number of rotatable bonds is 1. The Balaban J connectivity index is 1.97. The second-order valence-corrected chi connectivity index (χ2v) is 5.90. The van der Waals surface area contributed by atoms with Crippen LogP contribution in [0.15, 0.2) is 46.9 Å². The Bertz CT molecular complexity index is 611. The SMILES string of the molecule is Cc1ccccc1C1CC(N)c2cc(Br)ccc2O1. The van der Waals surface area contributed by atoms with Crippen molar-refractivity contribution in [1.29, 1.82) is 0 Å². The van der Waals surface area contributed by atoms with Crippen LogP contribution in [0.2, 0.25) is 0 Å². The molecule has 3 rings (SSSR count). The second kappa shape index (κ2) is 4.99. The van der Waals surface area contributed by atoms with E-state index in [1.807, 2.05) is 30.3 Å². The van der Waals surface area contributed by atoms with Crippen LogP contribution >= 0.6 is 15.9 Å². The molecular formula is C16H16BrNO. The maximum absolute atomic E-state index is 6.29. The summed E-state index contributed by atoms with van der Waals surface area (Å²) < 4.78 is 7.16. The van der Waals surface area contributed by atoms with Gasteiger partial charge in [0.2, 0.25) is 0 Å². The summed E-state index contributed by atoms with van der Waals surface area (Å²) in [5.74, 6) is 0.898. The van der Waals surface area contributed by atoms with E-state index >= 15 is 0 Å². The summed E-state index contributed by atoms with van der Waals surface area (Å²) in [7, 11) is 0. The van der Waals surface area contributed by atoms with E-state index in [9.17, 15) is 0 Å². The van der Waals surface area contributed by atoms with Crippen molar-refractivity contribution in [2.24, 2.45) is 5.73 Å². The van der Waals surface area contributed by atoms with E-state index in [1.165, 1.54) is 11.1 Å². The lowest BCUT2D eigenvalue weighted by Crippen LogP contribution is -2.24. The van der Waals surface area contributed by atoms with Gasteiger partial charge in [-0.25, -0.2) is 0 Å². The fourth-order valence-corrected chi connectivity index (χ4v) is 2.99. The fourth-order valence-electron chi connectivity index (χ4n) is 2.61. The van der Waals surface area contributed by atoms with Crippen molar-refractivity contribution in [3.8, 4) is 5.75 Å². The standard InChI is InChI=1S/C16H16BrNO/c1-10-4-2-3-5-12(10)16-9-14(18)13-8-11(17)6-7-15(13)19-16/h2-8,14,16H,9,18H2,1H3. The van der Waals surface area contributed by atoms with Gasteiger partial charge < -0.3 is 10.5 Å². The van der Waals surface area contributed by atoms with Gasteiger partial charge in [0, 0.05) is 22.5 Å². The van der Waals surface area contributed by atoms with Gasteiger partial charge in [-0.2, -0.15) is 0 Å². The molecule has 19 heavy (non-hydrogen) atoms. The molecule has 2 aromatic rings. The Hall–Kier alpha value is -1.32. The van der Waals surface area contributed by atoms with Gasteiger partial charge in [-0.1, -0.05) is 40.2 Å². The van der Waals surface area contributed by atoms with Crippen molar-refractivity contribution in [3.63, 3.8) is 0 Å². The van der Waals surface area contributed by atoms with Crippen LogP contribution in [0.25, 0.3) is 0 Å².